The van der Waals surface area contributed by atoms with Gasteiger partial charge in [0, 0.05) is 0 Å². The van der Waals surface area contributed by atoms with Gasteiger partial charge in [0.05, 0.1) is 5.69 Å². The number of para-hydroxylation sites is 1. The van der Waals surface area contributed by atoms with E-state index in [1.165, 1.54) is 6.08 Å². The summed E-state index contributed by atoms with van der Waals surface area (Å²) in [4.78, 5) is 13.1. The van der Waals surface area contributed by atoms with E-state index < -0.39 is 12.9 Å². The molecule has 0 bridgehead atoms. The number of aliphatic imine (C=N–C) groups is 1. The molecule has 1 aromatic rings. The van der Waals surface area contributed by atoms with Crippen LogP contribution in [0.4, 0.5) is 23.2 Å². The number of rotatable bonds is 1. The number of halogens is 4. The quantitative estimate of drug-likeness (QED) is 0.407. The van der Waals surface area contributed by atoms with Gasteiger partial charge in [-0.25, -0.2) is 9.18 Å². The number of isocyanates is 1. The van der Waals surface area contributed by atoms with E-state index in [1.807, 2.05) is 18.2 Å². The number of carbonyl (C=O) groups excluding carboxylic acids is 1. The number of nitrogens with zero attached hydrogens (tertiary/aromatic N) is 1. The van der Waals surface area contributed by atoms with Crippen LogP contribution in [0.25, 0.3) is 0 Å². The van der Waals surface area contributed by atoms with E-state index in [-0.39, 0.29) is 0 Å². The molecule has 0 N–H and O–H groups in total. The highest BCUT2D eigenvalue weighted by Gasteiger charge is 2.26. The van der Waals surface area contributed by atoms with Crippen LogP contribution in [0.15, 0.2) is 35.3 Å². The molecule has 6 heteroatoms. The van der Waals surface area contributed by atoms with Crippen molar-refractivity contribution in [2.45, 2.75) is 6.18 Å². The molecule has 0 atom stereocenters. The van der Waals surface area contributed by atoms with Crippen LogP contribution in [0.1, 0.15) is 0 Å². The fourth-order valence-corrected chi connectivity index (χ4v) is 0.555. The van der Waals surface area contributed by atoms with Crippen LogP contribution in [0.3, 0.4) is 0 Å². The number of benzene rings is 1. The minimum atomic E-state index is -4.62. The Labute approximate surface area is 83.3 Å². The molecule has 0 aromatic heterocycles. The molecule has 15 heavy (non-hydrogen) atoms. The Hall–Kier alpha value is -1.68. The summed E-state index contributed by atoms with van der Waals surface area (Å²) in [5.74, 6) is 0. The second kappa shape index (κ2) is 6.73. The Morgan fingerprint density at radius 2 is 1.67 bits per heavy atom. The third-order valence-electron chi connectivity index (χ3n) is 1.08. The minimum Gasteiger partial charge on any atom is -0.241 e. The number of hydrogen-bond acceptors (Lipinski definition) is 2. The van der Waals surface area contributed by atoms with E-state index >= 15 is 0 Å². The lowest BCUT2D eigenvalue weighted by Gasteiger charge is -1.93. The predicted octanol–water partition coefficient (Wildman–Crippen LogP) is 3.17. The third kappa shape index (κ3) is 8.64. The zero-order valence-corrected chi connectivity index (χ0v) is 7.46. The van der Waals surface area contributed by atoms with Crippen LogP contribution in [0.2, 0.25) is 0 Å². The lowest BCUT2D eigenvalue weighted by atomic mass is 10.3. The lowest BCUT2D eigenvalue weighted by Crippen LogP contribution is -2.08. The maximum Gasteiger partial charge on any atom is 0.416 e. The minimum absolute atomic E-state index is 0.646. The van der Waals surface area contributed by atoms with Crippen molar-refractivity contribution >= 4 is 11.8 Å². The van der Waals surface area contributed by atoms with Crippen molar-refractivity contribution in [3.63, 3.8) is 0 Å². The first kappa shape index (κ1) is 13.3. The summed E-state index contributed by atoms with van der Waals surface area (Å²) < 4.78 is 41.6. The monoisotopic (exact) mass is 221 g/mol. The summed E-state index contributed by atoms with van der Waals surface area (Å²) in [5.41, 5.74) is 0.646. The van der Waals surface area contributed by atoms with Gasteiger partial charge in [0.2, 0.25) is 6.08 Å². The first-order chi connectivity index (χ1) is 6.99. The maximum absolute atomic E-state index is 10.4. The van der Waals surface area contributed by atoms with Crippen LogP contribution in [0.5, 0.6) is 0 Å². The van der Waals surface area contributed by atoms with E-state index in [9.17, 15) is 22.4 Å². The second-order valence-electron chi connectivity index (χ2n) is 2.29. The number of alkyl halides is 4. The SMILES string of the molecule is FCC(F)(F)F.O=C=Nc1ccccc1. The molecule has 0 saturated carbocycles. The van der Waals surface area contributed by atoms with Crippen LogP contribution < -0.4 is 0 Å². The molecular weight excluding hydrogens is 214 g/mol. The van der Waals surface area contributed by atoms with Crippen molar-refractivity contribution in [2.24, 2.45) is 4.99 Å². The van der Waals surface area contributed by atoms with Gasteiger partial charge in [0.15, 0.2) is 6.67 Å². The predicted molar refractivity (Wildman–Crippen MR) is 46.3 cm³/mol. The highest BCUT2D eigenvalue weighted by atomic mass is 19.4. The Morgan fingerprint density at radius 3 is 2.00 bits per heavy atom. The van der Waals surface area contributed by atoms with Crippen LogP contribution >= 0.6 is 0 Å². The molecule has 0 unspecified atom stereocenters. The van der Waals surface area contributed by atoms with Gasteiger partial charge in [-0.3, -0.25) is 0 Å². The van der Waals surface area contributed by atoms with Crippen molar-refractivity contribution in [3.05, 3.63) is 30.3 Å². The average molecular weight is 221 g/mol. The van der Waals surface area contributed by atoms with Crippen molar-refractivity contribution in [1.82, 2.24) is 0 Å². The lowest BCUT2D eigenvalue weighted by molar-refractivity contribution is -0.142. The summed E-state index contributed by atoms with van der Waals surface area (Å²) in [6.45, 7) is -2.23. The van der Waals surface area contributed by atoms with Gasteiger partial charge in [-0.2, -0.15) is 18.2 Å². The largest absolute Gasteiger partial charge is 0.416 e. The highest BCUT2D eigenvalue weighted by Crippen LogP contribution is 2.13. The van der Waals surface area contributed by atoms with Crippen LogP contribution in [-0.4, -0.2) is 18.9 Å². The van der Waals surface area contributed by atoms with E-state index in [2.05, 4.69) is 4.99 Å². The third-order valence-corrected chi connectivity index (χ3v) is 1.08. The zero-order valence-electron chi connectivity index (χ0n) is 7.46. The van der Waals surface area contributed by atoms with E-state index in [0.717, 1.165) is 0 Å². The summed E-state index contributed by atoms with van der Waals surface area (Å²) in [7, 11) is 0. The first-order valence-electron chi connectivity index (χ1n) is 3.75. The smallest absolute Gasteiger partial charge is 0.241 e. The van der Waals surface area contributed by atoms with Crippen LogP contribution in [-0.2, 0) is 4.79 Å². The van der Waals surface area contributed by atoms with Gasteiger partial charge >= 0.3 is 6.18 Å². The second-order valence-corrected chi connectivity index (χ2v) is 2.29. The standard InChI is InChI=1S/C7H5NO.C2H2F4/c9-6-8-7-4-2-1-3-5-7;3-1-2(4,5)6/h1-5H;1H2. The molecule has 1 rings (SSSR count). The molecule has 0 fully saturated rings. The summed E-state index contributed by atoms with van der Waals surface area (Å²) in [6, 6.07) is 8.98. The van der Waals surface area contributed by atoms with E-state index in [4.69, 9.17) is 0 Å². The number of hydrogen-bond donors (Lipinski definition) is 0. The first-order valence-corrected chi connectivity index (χ1v) is 3.75. The topological polar surface area (TPSA) is 29.4 Å². The van der Waals surface area contributed by atoms with Gasteiger partial charge in [-0.1, -0.05) is 18.2 Å². The molecule has 0 radical (unpaired) electrons. The van der Waals surface area contributed by atoms with Crippen molar-refractivity contribution < 1.29 is 22.4 Å². The van der Waals surface area contributed by atoms with Crippen molar-refractivity contribution in [2.75, 3.05) is 6.67 Å². The van der Waals surface area contributed by atoms with E-state index in [0.29, 0.717) is 5.69 Å². The fraction of sp³-hybridized carbons (Fsp3) is 0.222. The Morgan fingerprint density at radius 1 is 1.20 bits per heavy atom. The molecule has 0 spiro atoms. The Balaban J connectivity index is 0.000000288. The Kier molecular flexibility index (Phi) is 5.97. The van der Waals surface area contributed by atoms with E-state index in [1.54, 1.807) is 12.1 Å². The molecule has 82 valence electrons. The molecule has 0 aliphatic carbocycles. The van der Waals surface area contributed by atoms with Crippen molar-refractivity contribution in [3.8, 4) is 0 Å². The summed E-state index contributed by atoms with van der Waals surface area (Å²) in [5, 5.41) is 0. The molecule has 0 aliphatic heterocycles. The maximum atomic E-state index is 10.4. The molecule has 0 saturated heterocycles. The summed E-state index contributed by atoms with van der Waals surface area (Å²) >= 11 is 0. The van der Waals surface area contributed by atoms with Gasteiger partial charge in [-0.05, 0) is 12.1 Å². The average Bonchev–Trinajstić information content (AvgIpc) is 2.20. The van der Waals surface area contributed by atoms with Gasteiger partial charge in [0.1, 0.15) is 0 Å². The molecule has 0 heterocycles. The zero-order chi connectivity index (χ0) is 11.7. The molecular formula is C9H7F4NO. The normalized spacial score (nSPS) is 9.60. The van der Waals surface area contributed by atoms with Gasteiger partial charge in [0.25, 0.3) is 0 Å². The fourth-order valence-electron chi connectivity index (χ4n) is 0.555. The summed E-state index contributed by atoms with van der Waals surface area (Å²) in [6.07, 6.45) is -3.17. The molecule has 1 aromatic carbocycles. The molecule has 0 amide bonds. The van der Waals surface area contributed by atoms with Crippen molar-refractivity contribution in [1.29, 1.82) is 0 Å². The van der Waals surface area contributed by atoms with Gasteiger partial charge in [-0.15, -0.1) is 0 Å². The Bertz CT molecular complexity index is 317. The molecule has 2 nitrogen and oxygen atoms in total. The van der Waals surface area contributed by atoms with Gasteiger partial charge < -0.3 is 0 Å². The van der Waals surface area contributed by atoms with Crippen LogP contribution in [0, 0.1) is 0 Å². The highest BCUT2D eigenvalue weighted by molar-refractivity contribution is 5.47. The molecule has 0 aliphatic rings.